The maximum atomic E-state index is 11.8. The van der Waals surface area contributed by atoms with E-state index in [1.54, 1.807) is 13.2 Å². The van der Waals surface area contributed by atoms with Crippen molar-refractivity contribution in [2.24, 2.45) is 7.05 Å². The lowest BCUT2D eigenvalue weighted by Gasteiger charge is -2.27. The van der Waals surface area contributed by atoms with Gasteiger partial charge < -0.3 is 20.3 Å². The van der Waals surface area contributed by atoms with Crippen molar-refractivity contribution in [2.75, 3.05) is 49.6 Å². The van der Waals surface area contributed by atoms with Gasteiger partial charge in [-0.3, -0.25) is 9.48 Å². The molecule has 3 rings (SSSR count). The van der Waals surface area contributed by atoms with E-state index < -0.39 is 0 Å². The van der Waals surface area contributed by atoms with Crippen LogP contribution in [-0.4, -0.2) is 70.3 Å². The Morgan fingerprint density at radius 2 is 2.12 bits per heavy atom. The second-order valence-corrected chi connectivity index (χ2v) is 5.32. The fourth-order valence-electron chi connectivity index (χ4n) is 2.32. The number of nitrogens with one attached hydrogen (secondary N) is 2. The molecule has 1 fully saturated rings. The van der Waals surface area contributed by atoms with Crippen LogP contribution in [0.3, 0.4) is 0 Å². The quantitative estimate of drug-likeness (QED) is 0.667. The molecule has 1 aliphatic heterocycles. The number of aromatic nitrogens is 5. The number of amides is 1. The third kappa shape index (κ3) is 4.16. The van der Waals surface area contributed by atoms with Gasteiger partial charge in [-0.25, -0.2) is 9.97 Å². The summed E-state index contributed by atoms with van der Waals surface area (Å²) >= 11 is 0. The van der Waals surface area contributed by atoms with Crippen molar-refractivity contribution in [3.8, 4) is 0 Å². The van der Waals surface area contributed by atoms with Crippen molar-refractivity contribution in [1.82, 2.24) is 30.3 Å². The lowest BCUT2D eigenvalue weighted by atomic mass is 10.4. The molecule has 10 nitrogen and oxygen atoms in total. The molecular formula is C14H20N8O2. The lowest BCUT2D eigenvalue weighted by molar-refractivity contribution is 0.0950. The number of hydrogen-bond acceptors (Lipinski definition) is 8. The van der Waals surface area contributed by atoms with Gasteiger partial charge in [0.1, 0.15) is 18.0 Å². The standard InChI is InChI=1S/C14H20N8O2/c1-21-9-11(19-20-21)14(23)16-3-2-15-12-8-13(18-10-17-12)22-4-6-24-7-5-22/h8-10H,2-7H2,1H3,(H,16,23)(H,15,17,18). The molecule has 10 heteroatoms. The smallest absolute Gasteiger partial charge is 0.273 e. The van der Waals surface area contributed by atoms with Crippen LogP contribution >= 0.6 is 0 Å². The normalized spacial score (nSPS) is 14.5. The van der Waals surface area contributed by atoms with Crippen LogP contribution in [0, 0.1) is 0 Å². The van der Waals surface area contributed by atoms with Crippen molar-refractivity contribution in [3.05, 3.63) is 24.3 Å². The Hall–Kier alpha value is -2.75. The second-order valence-electron chi connectivity index (χ2n) is 5.32. The van der Waals surface area contributed by atoms with E-state index >= 15 is 0 Å². The molecule has 0 bridgehead atoms. The van der Waals surface area contributed by atoms with Crippen LogP contribution in [0.1, 0.15) is 10.5 Å². The maximum absolute atomic E-state index is 11.8. The van der Waals surface area contributed by atoms with Gasteiger partial charge in [-0.15, -0.1) is 5.10 Å². The monoisotopic (exact) mass is 332 g/mol. The fraction of sp³-hybridized carbons (Fsp3) is 0.500. The first-order valence-electron chi connectivity index (χ1n) is 7.75. The van der Waals surface area contributed by atoms with Gasteiger partial charge in [0.05, 0.1) is 19.4 Å². The van der Waals surface area contributed by atoms with Crippen LogP contribution in [0.25, 0.3) is 0 Å². The highest BCUT2D eigenvalue weighted by atomic mass is 16.5. The van der Waals surface area contributed by atoms with Crippen molar-refractivity contribution in [1.29, 1.82) is 0 Å². The Kier molecular flexibility index (Phi) is 5.16. The Morgan fingerprint density at radius 3 is 2.88 bits per heavy atom. The fourth-order valence-corrected chi connectivity index (χ4v) is 2.32. The molecular weight excluding hydrogens is 312 g/mol. The molecule has 24 heavy (non-hydrogen) atoms. The summed E-state index contributed by atoms with van der Waals surface area (Å²) < 4.78 is 6.83. The van der Waals surface area contributed by atoms with Gasteiger partial charge in [0, 0.05) is 39.3 Å². The minimum absolute atomic E-state index is 0.249. The van der Waals surface area contributed by atoms with E-state index in [0.29, 0.717) is 32.0 Å². The number of carbonyl (C=O) groups is 1. The molecule has 128 valence electrons. The summed E-state index contributed by atoms with van der Waals surface area (Å²) in [6.07, 6.45) is 3.10. The van der Waals surface area contributed by atoms with Gasteiger partial charge >= 0.3 is 0 Å². The Bertz CT molecular complexity index is 683. The Labute approximate surface area is 139 Å². The van der Waals surface area contributed by atoms with E-state index in [9.17, 15) is 4.79 Å². The van der Waals surface area contributed by atoms with Crippen LogP contribution in [0.5, 0.6) is 0 Å². The average molecular weight is 332 g/mol. The predicted octanol–water partition coefficient (Wildman–Crippen LogP) is -0.716. The number of anilines is 2. The van der Waals surface area contributed by atoms with Gasteiger partial charge in [0.2, 0.25) is 0 Å². The first-order chi connectivity index (χ1) is 11.7. The number of aryl methyl sites for hydroxylation is 1. The average Bonchev–Trinajstić information content (AvgIpc) is 3.06. The summed E-state index contributed by atoms with van der Waals surface area (Å²) in [6.45, 7) is 4.06. The molecule has 2 N–H and O–H groups in total. The number of rotatable bonds is 6. The highest BCUT2D eigenvalue weighted by molar-refractivity contribution is 5.91. The van der Waals surface area contributed by atoms with Gasteiger partial charge in [0.15, 0.2) is 5.69 Å². The SMILES string of the molecule is Cn1cc(C(=O)NCCNc2cc(N3CCOCC3)ncn2)nn1. The number of ether oxygens (including phenoxy) is 1. The number of morpholine rings is 1. The summed E-state index contributed by atoms with van der Waals surface area (Å²) in [5.74, 6) is 1.35. The Morgan fingerprint density at radius 1 is 1.29 bits per heavy atom. The third-order valence-electron chi connectivity index (χ3n) is 3.54. The van der Waals surface area contributed by atoms with Crippen molar-refractivity contribution >= 4 is 17.5 Å². The molecule has 0 radical (unpaired) electrons. The van der Waals surface area contributed by atoms with E-state index in [1.807, 2.05) is 6.07 Å². The molecule has 0 aromatic carbocycles. The molecule has 0 saturated carbocycles. The molecule has 0 spiro atoms. The van der Waals surface area contributed by atoms with Gasteiger partial charge in [-0.1, -0.05) is 5.21 Å². The molecule has 3 heterocycles. The summed E-state index contributed by atoms with van der Waals surface area (Å²) in [4.78, 5) is 22.5. The zero-order chi connectivity index (χ0) is 16.8. The molecule has 0 aliphatic carbocycles. The van der Waals surface area contributed by atoms with Gasteiger partial charge in [0.25, 0.3) is 5.91 Å². The predicted molar refractivity (Wildman–Crippen MR) is 86.9 cm³/mol. The van der Waals surface area contributed by atoms with E-state index in [1.165, 1.54) is 11.0 Å². The first kappa shape index (κ1) is 16.1. The maximum Gasteiger partial charge on any atom is 0.273 e. The largest absolute Gasteiger partial charge is 0.378 e. The summed E-state index contributed by atoms with van der Waals surface area (Å²) in [5.41, 5.74) is 0.300. The minimum Gasteiger partial charge on any atom is -0.378 e. The highest BCUT2D eigenvalue weighted by Gasteiger charge is 2.13. The number of nitrogens with zero attached hydrogens (tertiary/aromatic N) is 6. The number of hydrogen-bond donors (Lipinski definition) is 2. The van der Waals surface area contributed by atoms with E-state index in [-0.39, 0.29) is 5.91 Å². The topological polar surface area (TPSA) is 110 Å². The van der Waals surface area contributed by atoms with Gasteiger partial charge in [-0.05, 0) is 0 Å². The minimum atomic E-state index is -0.249. The van der Waals surface area contributed by atoms with Crippen molar-refractivity contribution in [2.45, 2.75) is 0 Å². The summed E-state index contributed by atoms with van der Waals surface area (Å²) in [6, 6.07) is 1.90. The number of carbonyl (C=O) groups excluding carboxylic acids is 1. The van der Waals surface area contributed by atoms with E-state index in [2.05, 4.69) is 35.8 Å². The van der Waals surface area contributed by atoms with Crippen LogP contribution in [-0.2, 0) is 11.8 Å². The molecule has 2 aromatic rings. The first-order valence-corrected chi connectivity index (χ1v) is 7.75. The van der Waals surface area contributed by atoms with E-state index in [0.717, 1.165) is 24.7 Å². The zero-order valence-corrected chi connectivity index (χ0v) is 13.5. The van der Waals surface area contributed by atoms with E-state index in [4.69, 9.17) is 4.74 Å². The van der Waals surface area contributed by atoms with Crippen LogP contribution in [0.2, 0.25) is 0 Å². The van der Waals surface area contributed by atoms with Crippen LogP contribution in [0.15, 0.2) is 18.6 Å². The van der Waals surface area contributed by atoms with Gasteiger partial charge in [-0.2, -0.15) is 0 Å². The second kappa shape index (κ2) is 7.68. The van der Waals surface area contributed by atoms with Crippen LogP contribution in [0.4, 0.5) is 11.6 Å². The van der Waals surface area contributed by atoms with Crippen molar-refractivity contribution < 1.29 is 9.53 Å². The lowest BCUT2D eigenvalue weighted by Crippen LogP contribution is -2.36. The molecule has 0 unspecified atom stereocenters. The highest BCUT2D eigenvalue weighted by Crippen LogP contribution is 2.15. The zero-order valence-electron chi connectivity index (χ0n) is 13.5. The molecule has 1 saturated heterocycles. The summed E-state index contributed by atoms with van der Waals surface area (Å²) in [5, 5.41) is 13.4. The molecule has 1 aliphatic rings. The third-order valence-corrected chi connectivity index (χ3v) is 3.54. The molecule has 1 amide bonds. The molecule has 0 atom stereocenters. The van der Waals surface area contributed by atoms with Crippen LogP contribution < -0.4 is 15.5 Å². The Balaban J connectivity index is 1.45. The van der Waals surface area contributed by atoms with Crippen molar-refractivity contribution in [3.63, 3.8) is 0 Å². The summed E-state index contributed by atoms with van der Waals surface area (Å²) in [7, 11) is 1.71. The molecule has 2 aromatic heterocycles.